The number of aromatic nitrogens is 2. The summed E-state index contributed by atoms with van der Waals surface area (Å²) >= 11 is 0. The molecule has 1 spiro atoms. The van der Waals surface area contributed by atoms with Gasteiger partial charge in [-0.25, -0.2) is 19.2 Å². The van der Waals surface area contributed by atoms with E-state index >= 15 is 0 Å². The van der Waals surface area contributed by atoms with Crippen LogP contribution in [0.5, 0.6) is 0 Å². The van der Waals surface area contributed by atoms with Gasteiger partial charge in [0.05, 0.1) is 18.0 Å². The minimum atomic E-state index is -5.08. The van der Waals surface area contributed by atoms with E-state index in [1.807, 2.05) is 4.90 Å². The van der Waals surface area contributed by atoms with Crippen LogP contribution < -0.4 is 4.90 Å². The number of carbonyl (C=O) groups is 2. The predicted octanol–water partition coefficient (Wildman–Crippen LogP) is 1.86. The third kappa shape index (κ3) is 5.77. The molecule has 8 nitrogen and oxygen atoms in total. The molecular weight excluding hydrogens is 412 g/mol. The molecule has 3 fully saturated rings. The van der Waals surface area contributed by atoms with Crippen LogP contribution in [0.15, 0.2) is 12.4 Å². The number of piperidine rings is 1. The maximum absolute atomic E-state index is 12.9. The maximum atomic E-state index is 12.9. The molecule has 1 aromatic rings. The largest absolute Gasteiger partial charge is 0.490 e. The summed E-state index contributed by atoms with van der Waals surface area (Å²) in [5.74, 6) is -1.81. The zero-order valence-electron chi connectivity index (χ0n) is 16.1. The zero-order valence-corrected chi connectivity index (χ0v) is 16.1. The van der Waals surface area contributed by atoms with E-state index in [4.69, 9.17) is 14.6 Å². The summed E-state index contributed by atoms with van der Waals surface area (Å²) in [6.45, 7) is 3.29. The van der Waals surface area contributed by atoms with E-state index < -0.39 is 18.0 Å². The van der Waals surface area contributed by atoms with Gasteiger partial charge in [-0.3, -0.25) is 4.79 Å². The van der Waals surface area contributed by atoms with Crippen molar-refractivity contribution >= 4 is 17.8 Å². The Morgan fingerprint density at radius 3 is 2.30 bits per heavy atom. The van der Waals surface area contributed by atoms with Gasteiger partial charge >= 0.3 is 12.1 Å². The molecule has 3 aliphatic rings. The summed E-state index contributed by atoms with van der Waals surface area (Å²) in [5.41, 5.74) is -0.237. The standard InChI is InChI=1S/C16H21FN4O2.C2HF3O2/c17-13-7-18-15(19-8-13)20-5-3-16(4-6-20)11-21(9-12-1-2-12)14(22)10-23-16;3-2(4,5)1(6)7/h7-8,12H,1-6,9-11H2;(H,6,7). The molecule has 1 aromatic heterocycles. The smallest absolute Gasteiger partial charge is 0.475 e. The Balaban J connectivity index is 0.000000318. The van der Waals surface area contributed by atoms with Gasteiger partial charge in [0.2, 0.25) is 11.9 Å². The minimum Gasteiger partial charge on any atom is -0.475 e. The number of hydrogen-bond donors (Lipinski definition) is 1. The SMILES string of the molecule is O=C(O)C(F)(F)F.O=C1COC2(CCN(c3ncc(F)cn3)CC2)CN1CC1CC1. The topological polar surface area (TPSA) is 95.9 Å². The van der Waals surface area contributed by atoms with Crippen molar-refractivity contribution in [2.75, 3.05) is 37.7 Å². The highest BCUT2D eigenvalue weighted by molar-refractivity contribution is 5.78. The van der Waals surface area contributed by atoms with E-state index in [2.05, 4.69) is 14.9 Å². The quantitative estimate of drug-likeness (QED) is 0.726. The molecule has 3 heterocycles. The Hall–Kier alpha value is -2.50. The van der Waals surface area contributed by atoms with Gasteiger partial charge in [-0.1, -0.05) is 0 Å². The van der Waals surface area contributed by atoms with E-state index in [9.17, 15) is 22.4 Å². The molecule has 2 saturated heterocycles. The summed E-state index contributed by atoms with van der Waals surface area (Å²) in [6, 6.07) is 0. The van der Waals surface area contributed by atoms with Crippen molar-refractivity contribution in [3.8, 4) is 0 Å². The van der Waals surface area contributed by atoms with Crippen LogP contribution in [0.2, 0.25) is 0 Å². The molecule has 0 aromatic carbocycles. The Bertz CT molecular complexity index is 762. The van der Waals surface area contributed by atoms with Gasteiger partial charge in [-0.15, -0.1) is 0 Å². The number of morpholine rings is 1. The number of carboxylic acid groups (broad SMARTS) is 1. The number of aliphatic carboxylic acids is 1. The summed E-state index contributed by atoms with van der Waals surface area (Å²) in [4.78, 5) is 33.1. The lowest BCUT2D eigenvalue weighted by atomic mass is 9.89. The van der Waals surface area contributed by atoms with Crippen molar-refractivity contribution in [3.63, 3.8) is 0 Å². The molecule has 1 aliphatic carbocycles. The van der Waals surface area contributed by atoms with Crippen LogP contribution in [0.25, 0.3) is 0 Å². The van der Waals surface area contributed by atoms with E-state index in [1.54, 1.807) is 0 Å². The lowest BCUT2D eigenvalue weighted by molar-refractivity contribution is -0.192. The monoisotopic (exact) mass is 434 g/mol. The molecule has 0 bridgehead atoms. The van der Waals surface area contributed by atoms with Crippen molar-refractivity contribution in [3.05, 3.63) is 18.2 Å². The average Bonchev–Trinajstić information content (AvgIpc) is 3.50. The predicted molar refractivity (Wildman–Crippen MR) is 95.1 cm³/mol. The Morgan fingerprint density at radius 2 is 1.80 bits per heavy atom. The van der Waals surface area contributed by atoms with Crippen molar-refractivity contribution in [1.29, 1.82) is 0 Å². The fourth-order valence-electron chi connectivity index (χ4n) is 3.45. The normalized spacial score (nSPS) is 21.3. The van der Waals surface area contributed by atoms with Crippen molar-refractivity contribution < 1.29 is 37.0 Å². The number of anilines is 1. The molecule has 1 saturated carbocycles. The highest BCUT2D eigenvalue weighted by Gasteiger charge is 2.43. The van der Waals surface area contributed by atoms with Crippen LogP contribution in [0.4, 0.5) is 23.5 Å². The van der Waals surface area contributed by atoms with Gasteiger partial charge in [0, 0.05) is 26.2 Å². The molecule has 4 rings (SSSR count). The Kier molecular flexibility index (Phi) is 6.44. The number of amides is 1. The van der Waals surface area contributed by atoms with Crippen LogP contribution in [0.3, 0.4) is 0 Å². The van der Waals surface area contributed by atoms with E-state index in [0.717, 1.165) is 32.5 Å². The molecule has 30 heavy (non-hydrogen) atoms. The molecule has 0 radical (unpaired) electrons. The third-order valence-corrected chi connectivity index (χ3v) is 5.32. The average molecular weight is 434 g/mol. The molecule has 2 aliphatic heterocycles. The number of hydrogen-bond acceptors (Lipinski definition) is 6. The van der Waals surface area contributed by atoms with Crippen molar-refractivity contribution in [1.82, 2.24) is 14.9 Å². The summed E-state index contributed by atoms with van der Waals surface area (Å²) in [6.07, 6.45) is 1.46. The first-order chi connectivity index (χ1) is 14.1. The molecule has 0 atom stereocenters. The first-order valence-electron chi connectivity index (χ1n) is 9.52. The van der Waals surface area contributed by atoms with Gasteiger partial charge in [-0.05, 0) is 31.6 Å². The Labute approximate surface area is 169 Å². The number of rotatable bonds is 3. The fraction of sp³-hybridized carbons (Fsp3) is 0.667. The lowest BCUT2D eigenvalue weighted by Crippen LogP contribution is -2.59. The second kappa shape index (κ2) is 8.70. The Morgan fingerprint density at radius 1 is 1.23 bits per heavy atom. The number of ether oxygens (including phenoxy) is 1. The third-order valence-electron chi connectivity index (χ3n) is 5.32. The number of carboxylic acids is 1. The van der Waals surface area contributed by atoms with Crippen LogP contribution in [-0.2, 0) is 14.3 Å². The van der Waals surface area contributed by atoms with Gasteiger partial charge < -0.3 is 19.6 Å². The van der Waals surface area contributed by atoms with E-state index in [-0.39, 0.29) is 18.1 Å². The maximum Gasteiger partial charge on any atom is 0.490 e. The van der Waals surface area contributed by atoms with Crippen LogP contribution in [-0.4, -0.2) is 76.4 Å². The molecule has 1 amide bonds. The number of nitrogens with zero attached hydrogens (tertiary/aromatic N) is 4. The first kappa shape index (κ1) is 22.2. The van der Waals surface area contributed by atoms with Crippen molar-refractivity contribution in [2.24, 2.45) is 5.92 Å². The summed E-state index contributed by atoms with van der Waals surface area (Å²) < 4.78 is 50.6. The second-order valence-corrected chi connectivity index (χ2v) is 7.68. The van der Waals surface area contributed by atoms with Crippen LogP contribution in [0.1, 0.15) is 25.7 Å². The molecule has 1 N–H and O–H groups in total. The highest BCUT2D eigenvalue weighted by atomic mass is 19.4. The fourth-order valence-corrected chi connectivity index (χ4v) is 3.45. The first-order valence-corrected chi connectivity index (χ1v) is 9.52. The summed E-state index contributed by atoms with van der Waals surface area (Å²) in [7, 11) is 0. The van der Waals surface area contributed by atoms with Gasteiger partial charge in [0.25, 0.3) is 0 Å². The highest BCUT2D eigenvalue weighted by Crippen LogP contribution is 2.35. The van der Waals surface area contributed by atoms with Crippen LogP contribution >= 0.6 is 0 Å². The van der Waals surface area contributed by atoms with Gasteiger partial charge in [0.15, 0.2) is 5.82 Å². The van der Waals surface area contributed by atoms with E-state index in [1.165, 1.54) is 25.2 Å². The van der Waals surface area contributed by atoms with Gasteiger partial charge in [0.1, 0.15) is 6.61 Å². The van der Waals surface area contributed by atoms with E-state index in [0.29, 0.717) is 18.4 Å². The second-order valence-electron chi connectivity index (χ2n) is 7.68. The molecular formula is C18H22F4N4O4. The molecule has 12 heteroatoms. The molecule has 166 valence electrons. The number of halogens is 4. The minimum absolute atomic E-state index is 0.117. The lowest BCUT2D eigenvalue weighted by Gasteiger charge is -2.47. The molecule has 0 unspecified atom stereocenters. The zero-order chi connectivity index (χ0) is 21.9. The number of alkyl halides is 3. The van der Waals surface area contributed by atoms with Crippen LogP contribution in [0, 0.1) is 11.7 Å². The summed E-state index contributed by atoms with van der Waals surface area (Å²) in [5, 5.41) is 7.12. The van der Waals surface area contributed by atoms with Gasteiger partial charge in [-0.2, -0.15) is 13.2 Å². The number of carbonyl (C=O) groups excluding carboxylic acids is 1. The van der Waals surface area contributed by atoms with Crippen molar-refractivity contribution in [2.45, 2.75) is 37.5 Å².